The molecule has 0 radical (unpaired) electrons. The summed E-state index contributed by atoms with van der Waals surface area (Å²) in [7, 11) is -106. The van der Waals surface area contributed by atoms with E-state index in [4.69, 9.17) is 47.4 Å². The van der Waals surface area contributed by atoms with Crippen LogP contribution in [0.3, 0.4) is 0 Å². The van der Waals surface area contributed by atoms with E-state index < -0.39 is 373 Å². The van der Waals surface area contributed by atoms with E-state index in [1.807, 2.05) is 0 Å². The zero-order chi connectivity index (χ0) is 102. The SMILES string of the molecule is O=S(=O)(O)OC[C@H]1O[C@H](OCCCn2cc(-c3ccccc3)nn2)[C@@H](O[C@H]2O[C@H](COS(=O)(=O)O)[C@@H](OS(=O)(=O)O)[C@H](O[C@H]3O[C@H](COS(=O)(=O)O)[C@@H](OS(=O)(=O)O)[C@H](O[C@H]4O[C@H](COS(=O)(=O)O)[C@@H](OS(=O)(=O)O)[C@H](O[C@H]5O[C@H](COS(=O)(=O)O)[C@@H](OS(=O)(=O)O)[C@H](OS(=O)(=O)O)[C@@H]5OS(=O)(=O)O)[C@@H]4OS(=O)(=O)O)[C@@H]3OS(=O)(=O)O)[C@@H]2OS(=O)(=O)O)[C@@H](OS(=O)(=O)O)[C@@H]1OS(=O)(=O)O. The Balaban J connectivity index is 1.58. The summed E-state index contributed by atoms with van der Waals surface area (Å²) in [6.07, 6.45) is -95.0. The van der Waals surface area contributed by atoms with E-state index in [2.05, 4.69) is 77.2 Å². The van der Waals surface area contributed by atoms with Gasteiger partial charge in [0.1, 0.15) is 103 Å². The predicted octanol–water partition coefficient (Wildman–Crippen LogP) is -12.3. The van der Waals surface area contributed by atoms with Crippen LogP contribution in [-0.4, -0.2) is 416 Å². The normalized spacial score (nSPS) is 31.1. The average Bonchev–Trinajstić information content (AvgIpc) is 0.786. The van der Waals surface area contributed by atoms with Gasteiger partial charge in [-0.05, 0) is 6.42 Å². The lowest BCUT2D eigenvalue weighted by Gasteiger charge is -2.51. The third-order valence-electron chi connectivity index (χ3n) is 16.0. The van der Waals surface area contributed by atoms with E-state index >= 15 is 0 Å². The van der Waals surface area contributed by atoms with E-state index in [0.717, 1.165) is 4.68 Å². The summed E-state index contributed by atoms with van der Waals surface area (Å²) in [4.78, 5) is 0. The number of hydrogen-bond donors (Lipinski definition) is 16. The quantitative estimate of drug-likeness (QED) is 0.0216. The summed E-state index contributed by atoms with van der Waals surface area (Å²) < 4.78 is 693. The molecular weight excluding hydrogens is 2230 g/mol. The van der Waals surface area contributed by atoms with Crippen molar-refractivity contribution in [2.45, 2.75) is 166 Å². The van der Waals surface area contributed by atoms with Crippen LogP contribution in [0.4, 0.5) is 0 Å². The van der Waals surface area contributed by atoms with Gasteiger partial charge in [0, 0.05) is 12.1 Å². The highest BCUT2D eigenvalue weighted by Crippen LogP contribution is 2.44. The average molecular weight is 2290 g/mol. The summed E-state index contributed by atoms with van der Waals surface area (Å²) in [5.74, 6) is 0. The van der Waals surface area contributed by atoms with Crippen molar-refractivity contribution < 1.29 is 322 Å². The number of benzene rings is 1. The lowest BCUT2D eigenvalue weighted by Crippen LogP contribution is -2.70. The molecule has 2 aromatic rings. The molecule has 93 heteroatoms. The maximum Gasteiger partial charge on any atom is 0.397 e. The number of rotatable bonds is 51. The van der Waals surface area contributed by atoms with Crippen molar-refractivity contribution in [3.63, 3.8) is 0 Å². The van der Waals surface area contributed by atoms with Crippen LogP contribution in [0.2, 0.25) is 0 Å². The highest BCUT2D eigenvalue weighted by Gasteiger charge is 2.65. The molecule has 134 heavy (non-hydrogen) atoms. The second-order valence-electron chi connectivity index (χ2n) is 25.5. The zero-order valence-corrected chi connectivity index (χ0v) is 76.3. The van der Waals surface area contributed by atoms with E-state index in [9.17, 15) is 208 Å². The van der Waals surface area contributed by atoms with Gasteiger partial charge < -0.3 is 47.4 Å². The Labute approximate surface area is 752 Å². The molecule has 0 saturated carbocycles. The first-order valence-electron chi connectivity index (χ1n) is 33.1. The molecule has 0 unspecified atom stereocenters. The molecule has 25 atom stereocenters. The maximum atomic E-state index is 13.5. The van der Waals surface area contributed by atoms with Crippen molar-refractivity contribution in [3.8, 4) is 11.3 Å². The van der Waals surface area contributed by atoms with Gasteiger partial charge in [0.15, 0.2) is 55.9 Å². The van der Waals surface area contributed by atoms with Crippen molar-refractivity contribution in [3.05, 3.63) is 36.5 Å². The van der Waals surface area contributed by atoms with Crippen LogP contribution in [0, 0.1) is 0 Å². The number of ether oxygens (including phenoxy) is 10. The second kappa shape index (κ2) is 44.4. The Hall–Kier alpha value is -4.12. The molecule has 7 rings (SSSR count). The lowest BCUT2D eigenvalue weighted by atomic mass is 9.95. The molecule has 0 spiro atoms. The summed E-state index contributed by atoms with van der Waals surface area (Å²) in [5, 5.41) is 7.77. The summed E-state index contributed by atoms with van der Waals surface area (Å²) in [6, 6.07) is 7.69. The molecular formula is C41H63N3O74S16. The lowest BCUT2D eigenvalue weighted by molar-refractivity contribution is -0.388. The molecule has 5 aliphatic rings. The number of aryl methyl sites for hydroxylation is 1. The fourth-order valence-electron chi connectivity index (χ4n) is 12.0. The second-order valence-corrected chi connectivity index (χ2v) is 42.5. The minimum atomic E-state index is -7.13. The van der Waals surface area contributed by atoms with Crippen LogP contribution in [0.25, 0.3) is 11.3 Å². The van der Waals surface area contributed by atoms with E-state index in [1.165, 1.54) is 30.5 Å². The van der Waals surface area contributed by atoms with Crippen LogP contribution in [0.15, 0.2) is 36.5 Å². The van der Waals surface area contributed by atoms with E-state index in [-0.39, 0.29) is 5.69 Å². The van der Waals surface area contributed by atoms with Gasteiger partial charge in [0.2, 0.25) is 0 Å². The first kappa shape index (κ1) is 117. The Morgan fingerprint density at radius 3 is 0.709 bits per heavy atom. The van der Waals surface area contributed by atoms with Gasteiger partial charge in [0.05, 0.1) is 45.8 Å². The van der Waals surface area contributed by atoms with Gasteiger partial charge >= 0.3 is 166 Å². The highest BCUT2D eigenvalue weighted by atomic mass is 32.3. The third-order valence-corrected chi connectivity index (χ3v) is 23.3. The van der Waals surface area contributed by atoms with Crippen LogP contribution in [-0.2, 0) is 287 Å². The predicted molar refractivity (Wildman–Crippen MR) is 387 cm³/mol. The van der Waals surface area contributed by atoms with Crippen LogP contribution in [0.5, 0.6) is 0 Å². The van der Waals surface area contributed by atoms with Crippen LogP contribution in [0.1, 0.15) is 6.42 Å². The van der Waals surface area contributed by atoms with Crippen molar-refractivity contribution >= 4 is 166 Å². The van der Waals surface area contributed by atoms with Gasteiger partial charge in [-0.3, -0.25) is 77.5 Å². The summed E-state index contributed by atoms with van der Waals surface area (Å²) in [6.45, 7) is -13.5. The molecule has 5 fully saturated rings. The molecule has 0 aliphatic carbocycles. The van der Waals surface area contributed by atoms with Crippen LogP contribution < -0.4 is 0 Å². The fourth-order valence-corrected chi connectivity index (χ4v) is 19.0. The number of aromatic nitrogens is 3. The highest BCUT2D eigenvalue weighted by molar-refractivity contribution is 7.84. The van der Waals surface area contributed by atoms with Crippen molar-refractivity contribution in [1.82, 2.24) is 15.0 Å². The fraction of sp³-hybridized carbons (Fsp3) is 0.805. The van der Waals surface area contributed by atoms with Gasteiger partial charge in [-0.25, -0.2) is 66.9 Å². The molecule has 1 aromatic carbocycles. The maximum absolute atomic E-state index is 13.5. The Kier molecular flexibility index (Phi) is 38.7. The molecule has 77 nitrogen and oxygen atoms in total. The molecule has 0 bridgehead atoms. The van der Waals surface area contributed by atoms with Gasteiger partial charge in [-0.2, -0.15) is 135 Å². The molecule has 16 N–H and O–H groups in total. The zero-order valence-electron chi connectivity index (χ0n) is 63.3. The van der Waals surface area contributed by atoms with Gasteiger partial charge in [-0.15, -0.1) is 5.10 Å². The Bertz CT molecular complexity index is 6390. The molecule has 782 valence electrons. The Morgan fingerprint density at radius 2 is 0.463 bits per heavy atom. The third kappa shape index (κ3) is 40.7. The molecule has 5 saturated heterocycles. The summed E-state index contributed by atoms with van der Waals surface area (Å²) in [5.41, 5.74) is 0.542. The topological polar surface area (TPSA) is 1140 Å². The number of nitrogens with zero attached hydrogens (tertiary/aromatic N) is 3. The monoisotopic (exact) mass is 2290 g/mol. The van der Waals surface area contributed by atoms with Crippen molar-refractivity contribution in [2.24, 2.45) is 0 Å². The standard InChI is InChI=1S/C41H63N3O74S16/c45-119(46,47)94-10-17-22(108-124(60,61)62)27(104-39-34(116-132(84,85)86)28(23(109-125(63,64)65)18(101-39)11-95-120(48,49)50)106-41-36(118-134(90,91)92)31(114-130(78,79)80)26(112-128(72,73)74)21(103-41)14-98-123(57,58)59)33(115-131(81,82)83)38(100-17)105-29-24(110-126(66,67)68)19(12-96-121(51,52)53)102-40(35(29)117-133(87,88)89)107-32-30(113-129(75,76)77)25(111-127(69,70)71)20(13-97-122(54,55)56)99-37(32)93-8-4-7-44-9-16(42-43-44)15-5-2-1-3-6-15/h1-3,5-6,9,17-41H,4,7-8,10-14H2,(H,45,46,47)(H,48,49,50)(H,51,52,53)(H,54,55,56)(H,57,58,59)(H,60,61,62)(H,63,64,65)(H,66,67,68)(H,69,70,71)(H,72,73,74)(H,75,76,77)(H,78,79,80)(H,81,82,83)(H,84,85,86)(H,87,88,89)(H,90,91,92)/t17-,18-,19-,20-,21-,22-,23-,24-,25-,26-,27+,28+,29+,30+,31+,32+,33+,34+,35+,36+,37+,38-,39-,40-,41-/m1/s1. The Morgan fingerprint density at radius 1 is 0.254 bits per heavy atom. The first-order chi connectivity index (χ1) is 60.3. The molecule has 5 aliphatic heterocycles. The van der Waals surface area contributed by atoms with Gasteiger partial charge in [-0.1, -0.05) is 35.5 Å². The minimum Gasteiger partial charge on any atom is -0.350 e. The summed E-state index contributed by atoms with van der Waals surface area (Å²) >= 11 is 0. The van der Waals surface area contributed by atoms with Crippen LogP contribution >= 0.6 is 0 Å². The minimum absolute atomic E-state index is 0.137. The van der Waals surface area contributed by atoms with Crippen molar-refractivity contribution in [2.75, 3.05) is 39.6 Å². The largest absolute Gasteiger partial charge is 0.397 e. The molecule has 0 amide bonds. The van der Waals surface area contributed by atoms with E-state index in [0.29, 0.717) is 5.56 Å². The van der Waals surface area contributed by atoms with E-state index in [1.54, 1.807) is 6.07 Å². The molecule has 1 aromatic heterocycles. The first-order valence-corrected chi connectivity index (χ1v) is 54.9. The van der Waals surface area contributed by atoms with Gasteiger partial charge in [0.25, 0.3) is 0 Å². The molecule has 6 heterocycles. The smallest absolute Gasteiger partial charge is 0.350 e. The number of hydrogen-bond acceptors (Lipinski definition) is 60. The van der Waals surface area contributed by atoms with Crippen molar-refractivity contribution in [1.29, 1.82) is 0 Å².